The van der Waals surface area contributed by atoms with Crippen molar-refractivity contribution in [2.24, 2.45) is 0 Å². The van der Waals surface area contributed by atoms with Crippen LogP contribution in [-0.2, 0) is 18.4 Å². The van der Waals surface area contributed by atoms with Crippen molar-refractivity contribution in [2.75, 3.05) is 40.9 Å². The first-order valence-corrected chi connectivity index (χ1v) is 29.0. The molecule has 0 fully saturated rings. The maximum absolute atomic E-state index is 12.9. The number of rotatable bonds is 51. The summed E-state index contributed by atoms with van der Waals surface area (Å²) in [6, 6.07) is -0.880. The van der Waals surface area contributed by atoms with E-state index in [9.17, 15) is 19.4 Å². The van der Waals surface area contributed by atoms with Gasteiger partial charge in [-0.1, -0.05) is 264 Å². The Hall–Kier alpha value is -0.760. The van der Waals surface area contributed by atoms with E-state index in [4.69, 9.17) is 9.05 Å². The molecule has 2 N–H and O–H groups in total. The van der Waals surface area contributed by atoms with E-state index >= 15 is 0 Å². The fourth-order valence-electron chi connectivity index (χ4n) is 8.39. The number of likely N-dealkylation sites (N-methyl/N-ethyl adjacent to an activating group) is 1. The lowest BCUT2D eigenvalue weighted by Crippen LogP contribution is -2.45. The van der Waals surface area contributed by atoms with Crippen LogP contribution in [0.4, 0.5) is 0 Å². The number of carbonyl (C=O) groups excluding carboxylic acids is 1. The molecule has 0 radical (unpaired) electrons. The third kappa shape index (κ3) is 49.0. The second kappa shape index (κ2) is 46.4. The molecule has 3 atom stereocenters. The van der Waals surface area contributed by atoms with Crippen LogP contribution in [0.3, 0.4) is 0 Å². The predicted molar refractivity (Wildman–Crippen MR) is 270 cm³/mol. The number of phosphoric ester groups is 1. The number of unbranched alkanes of at least 4 members (excludes halogenated alkanes) is 38. The fraction of sp³-hybridized carbons (Fsp3) is 0.944. The van der Waals surface area contributed by atoms with Gasteiger partial charge >= 0.3 is 0 Å². The van der Waals surface area contributed by atoms with Crippen molar-refractivity contribution in [3.05, 3.63) is 12.2 Å². The molecule has 0 spiro atoms. The number of aliphatic hydroxyl groups is 1. The van der Waals surface area contributed by atoms with Gasteiger partial charge in [0, 0.05) is 6.42 Å². The van der Waals surface area contributed by atoms with E-state index in [1.165, 1.54) is 218 Å². The van der Waals surface area contributed by atoms with E-state index in [1.807, 2.05) is 27.2 Å². The van der Waals surface area contributed by atoms with Gasteiger partial charge in [0.2, 0.25) is 5.91 Å². The smallest absolute Gasteiger partial charge is 0.268 e. The summed E-state index contributed by atoms with van der Waals surface area (Å²) >= 11 is 0. The summed E-state index contributed by atoms with van der Waals surface area (Å²) in [7, 11) is 1.27. The van der Waals surface area contributed by atoms with Crippen LogP contribution in [-0.4, -0.2) is 68.5 Å². The largest absolute Gasteiger partial charge is 0.756 e. The minimum Gasteiger partial charge on any atom is -0.756 e. The maximum atomic E-state index is 12.9. The normalized spacial score (nSPS) is 14.1. The Kier molecular flexibility index (Phi) is 45.8. The summed E-state index contributed by atoms with van der Waals surface area (Å²) in [5.41, 5.74) is 0. The quantitative estimate of drug-likeness (QED) is 0.0272. The first-order chi connectivity index (χ1) is 30.5. The van der Waals surface area contributed by atoms with Gasteiger partial charge in [0.05, 0.1) is 39.9 Å². The first kappa shape index (κ1) is 62.2. The molecule has 9 heteroatoms. The summed E-state index contributed by atoms with van der Waals surface area (Å²) in [5, 5.41) is 13.8. The Bertz CT molecular complexity index is 1040. The van der Waals surface area contributed by atoms with Gasteiger partial charge in [-0.05, 0) is 19.3 Å². The average molecular weight is 913 g/mol. The molecular formula is C54H109N2O6P. The van der Waals surface area contributed by atoms with Crippen molar-refractivity contribution in [1.82, 2.24) is 5.32 Å². The highest BCUT2D eigenvalue weighted by molar-refractivity contribution is 7.45. The van der Waals surface area contributed by atoms with E-state index in [1.54, 1.807) is 6.08 Å². The number of hydrogen-bond acceptors (Lipinski definition) is 6. The van der Waals surface area contributed by atoms with Gasteiger partial charge in [-0.2, -0.15) is 0 Å². The highest BCUT2D eigenvalue weighted by Crippen LogP contribution is 2.38. The molecule has 0 aromatic rings. The van der Waals surface area contributed by atoms with Crippen LogP contribution in [0.2, 0.25) is 0 Å². The molecule has 63 heavy (non-hydrogen) atoms. The number of quaternary nitrogens is 1. The minimum absolute atomic E-state index is 0.00227. The number of nitrogens with one attached hydrogen (secondary N) is 1. The number of allylic oxidation sites excluding steroid dienone is 1. The zero-order valence-electron chi connectivity index (χ0n) is 42.8. The van der Waals surface area contributed by atoms with Crippen molar-refractivity contribution in [3.8, 4) is 0 Å². The van der Waals surface area contributed by atoms with Crippen LogP contribution in [0.1, 0.15) is 277 Å². The second-order valence-corrected chi connectivity index (χ2v) is 21.7. The Balaban J connectivity index is 4.02. The van der Waals surface area contributed by atoms with E-state index in [2.05, 4.69) is 19.2 Å². The highest BCUT2D eigenvalue weighted by Gasteiger charge is 2.23. The Morgan fingerprint density at radius 2 is 0.857 bits per heavy atom. The van der Waals surface area contributed by atoms with Crippen LogP contribution in [0.15, 0.2) is 12.2 Å². The van der Waals surface area contributed by atoms with Crippen LogP contribution in [0.25, 0.3) is 0 Å². The number of phosphoric acid groups is 1. The molecule has 0 aliphatic heterocycles. The fourth-order valence-corrected chi connectivity index (χ4v) is 9.11. The third-order valence-electron chi connectivity index (χ3n) is 12.7. The van der Waals surface area contributed by atoms with Crippen molar-refractivity contribution in [2.45, 2.75) is 289 Å². The van der Waals surface area contributed by atoms with Crippen LogP contribution >= 0.6 is 7.82 Å². The molecule has 0 aromatic carbocycles. The molecule has 1 amide bonds. The molecule has 0 aliphatic rings. The molecular weight excluding hydrogens is 804 g/mol. The highest BCUT2D eigenvalue weighted by atomic mass is 31.2. The van der Waals surface area contributed by atoms with E-state index in [-0.39, 0.29) is 19.1 Å². The minimum atomic E-state index is -4.58. The maximum Gasteiger partial charge on any atom is 0.268 e. The molecule has 0 aromatic heterocycles. The number of hydrogen-bond donors (Lipinski definition) is 2. The lowest BCUT2D eigenvalue weighted by Gasteiger charge is -2.29. The van der Waals surface area contributed by atoms with Gasteiger partial charge in [-0.3, -0.25) is 9.36 Å². The lowest BCUT2D eigenvalue weighted by molar-refractivity contribution is -0.870. The zero-order valence-corrected chi connectivity index (χ0v) is 43.7. The summed E-state index contributed by atoms with van der Waals surface area (Å²) < 4.78 is 23.3. The second-order valence-electron chi connectivity index (χ2n) is 20.3. The van der Waals surface area contributed by atoms with Crippen LogP contribution in [0, 0.1) is 0 Å². The molecule has 376 valence electrons. The number of amides is 1. The summed E-state index contributed by atoms with van der Waals surface area (Å²) in [6.45, 7) is 4.67. The van der Waals surface area contributed by atoms with Gasteiger partial charge in [-0.15, -0.1) is 0 Å². The summed E-state index contributed by atoms with van der Waals surface area (Å²) in [5.74, 6) is -0.192. The Labute approximate surface area is 392 Å². The monoisotopic (exact) mass is 913 g/mol. The Morgan fingerprint density at radius 1 is 0.540 bits per heavy atom. The van der Waals surface area contributed by atoms with E-state index < -0.39 is 20.0 Å². The number of carbonyl (C=O) groups is 1. The SMILES string of the molecule is CCCCCCCCCCCC/C=C/[C@@H](O)[C@H](COP(=O)([O-])OCC[N+](C)(C)C)NC(=O)CCCCCCCCCCCCCCCCCCCCCCCCCCCCCCC. The van der Waals surface area contributed by atoms with Crippen molar-refractivity contribution >= 4 is 13.7 Å². The molecule has 0 aliphatic carbocycles. The molecule has 0 heterocycles. The average Bonchev–Trinajstić information content (AvgIpc) is 3.24. The van der Waals surface area contributed by atoms with Gasteiger partial charge in [0.15, 0.2) is 0 Å². The topological polar surface area (TPSA) is 108 Å². The lowest BCUT2D eigenvalue weighted by atomic mass is 10.0. The number of nitrogens with zero attached hydrogens (tertiary/aromatic N) is 1. The van der Waals surface area contributed by atoms with Crippen LogP contribution in [0.5, 0.6) is 0 Å². The molecule has 0 saturated heterocycles. The van der Waals surface area contributed by atoms with Crippen molar-refractivity contribution in [3.63, 3.8) is 0 Å². The van der Waals surface area contributed by atoms with Gasteiger partial charge in [-0.25, -0.2) is 0 Å². The van der Waals surface area contributed by atoms with Gasteiger partial charge in [0.1, 0.15) is 13.2 Å². The van der Waals surface area contributed by atoms with Crippen molar-refractivity contribution in [1.29, 1.82) is 0 Å². The van der Waals surface area contributed by atoms with Crippen LogP contribution < -0.4 is 10.2 Å². The molecule has 0 bridgehead atoms. The molecule has 0 rings (SSSR count). The van der Waals surface area contributed by atoms with Gasteiger partial charge in [0.25, 0.3) is 7.82 Å². The zero-order chi connectivity index (χ0) is 46.4. The molecule has 1 unspecified atom stereocenters. The Morgan fingerprint density at radius 3 is 1.19 bits per heavy atom. The number of aliphatic hydroxyl groups excluding tert-OH is 1. The van der Waals surface area contributed by atoms with E-state index in [0.29, 0.717) is 17.4 Å². The molecule has 8 nitrogen and oxygen atoms in total. The van der Waals surface area contributed by atoms with Gasteiger partial charge < -0.3 is 28.8 Å². The standard InChI is InChI=1S/C54H109N2O6P/c1-6-8-10-12-14-16-18-20-21-22-23-24-25-26-27-28-29-30-31-32-33-34-35-36-38-40-42-44-46-48-54(58)55-52(51-62-63(59,60)61-50-49-56(3,4)5)53(57)47-45-43-41-39-37-19-17-15-13-11-9-7-2/h45,47,52-53,57H,6-44,46,48-51H2,1-5H3,(H-,55,58,59,60)/b47-45+/t52-,53+/m0/s1. The van der Waals surface area contributed by atoms with Crippen molar-refractivity contribution < 1.29 is 32.9 Å². The first-order valence-electron chi connectivity index (χ1n) is 27.6. The predicted octanol–water partition coefficient (Wildman–Crippen LogP) is 15.6. The summed E-state index contributed by atoms with van der Waals surface area (Å²) in [4.78, 5) is 25.4. The third-order valence-corrected chi connectivity index (χ3v) is 13.7. The molecule has 0 saturated carbocycles. The summed E-state index contributed by atoms with van der Waals surface area (Å²) in [6.07, 6.45) is 55.8. The van der Waals surface area contributed by atoms with E-state index in [0.717, 1.165) is 38.5 Å².